The second-order valence-electron chi connectivity index (χ2n) is 4.99. The van der Waals surface area contributed by atoms with Crippen LogP contribution in [0.3, 0.4) is 0 Å². The van der Waals surface area contributed by atoms with Gasteiger partial charge in [0.15, 0.2) is 6.10 Å². The largest absolute Gasteiger partial charge is 0.464 e. The molecule has 1 fully saturated rings. The number of hydrogen-bond donors (Lipinski definition) is 1. The van der Waals surface area contributed by atoms with Gasteiger partial charge in [0.2, 0.25) is 0 Å². The summed E-state index contributed by atoms with van der Waals surface area (Å²) in [6.45, 7) is 2.70. The highest BCUT2D eigenvalue weighted by molar-refractivity contribution is 5.76. The molecule has 1 unspecified atom stereocenters. The number of carbonyl (C=O) groups excluding carboxylic acids is 1. The topological polar surface area (TPSA) is 55.8 Å². The molecule has 104 valence electrons. The molecule has 0 bridgehead atoms. The van der Waals surface area contributed by atoms with E-state index in [1.165, 1.54) is 5.56 Å². The molecular formula is C15H20O4. The minimum Gasteiger partial charge on any atom is -0.464 e. The van der Waals surface area contributed by atoms with Gasteiger partial charge in [0.1, 0.15) is 0 Å². The van der Waals surface area contributed by atoms with Crippen molar-refractivity contribution < 1.29 is 19.4 Å². The Kier molecular flexibility index (Phi) is 4.22. The fraction of sp³-hybridized carbons (Fsp3) is 0.533. The summed E-state index contributed by atoms with van der Waals surface area (Å²) in [5.74, 6) is -0.603. The Hall–Kier alpha value is -1.39. The van der Waals surface area contributed by atoms with Crippen LogP contribution in [0.2, 0.25) is 0 Å². The number of aliphatic hydroxyl groups is 1. The fourth-order valence-electron chi connectivity index (χ4n) is 2.32. The van der Waals surface area contributed by atoms with Crippen LogP contribution in [-0.4, -0.2) is 31.4 Å². The van der Waals surface area contributed by atoms with Crippen LogP contribution in [0.25, 0.3) is 0 Å². The Morgan fingerprint density at radius 3 is 2.47 bits per heavy atom. The Bertz CT molecular complexity index is 434. The zero-order valence-corrected chi connectivity index (χ0v) is 11.4. The lowest BCUT2D eigenvalue weighted by atomic mass is 9.95. The highest BCUT2D eigenvalue weighted by Gasteiger charge is 2.44. The van der Waals surface area contributed by atoms with Crippen molar-refractivity contribution >= 4 is 5.97 Å². The average Bonchev–Trinajstić information content (AvgIpc) is 3.20. The summed E-state index contributed by atoms with van der Waals surface area (Å²) < 4.78 is 10.0. The molecule has 0 spiro atoms. The molecule has 1 aliphatic carbocycles. The van der Waals surface area contributed by atoms with Crippen LogP contribution in [-0.2, 0) is 19.7 Å². The standard InChI is InChI=1S/C15H20O4/c1-3-19-14(17)13(16)11-4-6-12(7-5-11)15(8-9-15)10-18-2/h4-7,13,16H,3,8-10H2,1-2H3. The van der Waals surface area contributed by atoms with Crippen LogP contribution in [0.5, 0.6) is 0 Å². The van der Waals surface area contributed by atoms with Gasteiger partial charge in [-0.2, -0.15) is 0 Å². The first-order valence-corrected chi connectivity index (χ1v) is 6.57. The molecule has 0 amide bonds. The fourth-order valence-corrected chi connectivity index (χ4v) is 2.32. The lowest BCUT2D eigenvalue weighted by Crippen LogP contribution is -2.16. The van der Waals surface area contributed by atoms with Crippen molar-refractivity contribution in [1.82, 2.24) is 0 Å². The van der Waals surface area contributed by atoms with Gasteiger partial charge in [-0.1, -0.05) is 24.3 Å². The Morgan fingerprint density at radius 2 is 2.00 bits per heavy atom. The molecule has 0 aliphatic heterocycles. The maximum absolute atomic E-state index is 11.4. The molecule has 1 N–H and O–H groups in total. The zero-order valence-electron chi connectivity index (χ0n) is 11.4. The molecule has 0 aromatic heterocycles. The maximum atomic E-state index is 11.4. The second-order valence-corrected chi connectivity index (χ2v) is 4.99. The highest BCUT2D eigenvalue weighted by atomic mass is 16.5. The third-order valence-corrected chi connectivity index (χ3v) is 3.62. The molecule has 2 rings (SSSR count). The number of hydrogen-bond acceptors (Lipinski definition) is 4. The summed E-state index contributed by atoms with van der Waals surface area (Å²) in [4.78, 5) is 11.4. The van der Waals surface area contributed by atoms with E-state index in [1.54, 1.807) is 26.2 Å². The van der Waals surface area contributed by atoms with Crippen LogP contribution in [0, 0.1) is 0 Å². The normalized spacial score (nSPS) is 17.8. The highest BCUT2D eigenvalue weighted by Crippen LogP contribution is 2.48. The molecule has 19 heavy (non-hydrogen) atoms. The van der Waals surface area contributed by atoms with E-state index >= 15 is 0 Å². The third-order valence-electron chi connectivity index (χ3n) is 3.62. The average molecular weight is 264 g/mol. The van der Waals surface area contributed by atoms with Gasteiger partial charge in [-0.15, -0.1) is 0 Å². The maximum Gasteiger partial charge on any atom is 0.339 e. The smallest absolute Gasteiger partial charge is 0.339 e. The second kappa shape index (κ2) is 5.72. The van der Waals surface area contributed by atoms with Gasteiger partial charge >= 0.3 is 5.97 Å². The Balaban J connectivity index is 2.08. The molecule has 0 heterocycles. The molecule has 4 nitrogen and oxygen atoms in total. The molecular weight excluding hydrogens is 244 g/mol. The molecule has 4 heteroatoms. The van der Waals surface area contributed by atoms with Crippen molar-refractivity contribution in [2.75, 3.05) is 20.3 Å². The van der Waals surface area contributed by atoms with Crippen molar-refractivity contribution in [2.24, 2.45) is 0 Å². The summed E-state index contributed by atoms with van der Waals surface area (Å²) in [6, 6.07) is 7.49. The van der Waals surface area contributed by atoms with Crippen molar-refractivity contribution in [1.29, 1.82) is 0 Å². The van der Waals surface area contributed by atoms with Crippen LogP contribution in [0.15, 0.2) is 24.3 Å². The first-order chi connectivity index (χ1) is 9.13. The summed E-state index contributed by atoms with van der Waals surface area (Å²) in [5, 5.41) is 9.83. The molecule has 1 saturated carbocycles. The summed E-state index contributed by atoms with van der Waals surface area (Å²) in [6.07, 6.45) is 1.05. The lowest BCUT2D eigenvalue weighted by molar-refractivity contribution is -0.153. The van der Waals surface area contributed by atoms with Crippen molar-refractivity contribution in [3.05, 3.63) is 35.4 Å². The van der Waals surface area contributed by atoms with E-state index in [4.69, 9.17) is 9.47 Å². The van der Waals surface area contributed by atoms with Gasteiger partial charge in [-0.25, -0.2) is 4.79 Å². The van der Waals surface area contributed by atoms with Crippen LogP contribution in [0.1, 0.15) is 37.0 Å². The Morgan fingerprint density at radius 1 is 1.37 bits per heavy atom. The molecule has 0 saturated heterocycles. The SMILES string of the molecule is CCOC(=O)C(O)c1ccc(C2(COC)CC2)cc1. The van der Waals surface area contributed by atoms with Gasteiger partial charge in [0, 0.05) is 12.5 Å². The van der Waals surface area contributed by atoms with E-state index < -0.39 is 12.1 Å². The summed E-state index contributed by atoms with van der Waals surface area (Å²) in [5.41, 5.74) is 1.91. The predicted molar refractivity (Wildman–Crippen MR) is 70.8 cm³/mol. The summed E-state index contributed by atoms with van der Waals surface area (Å²) in [7, 11) is 1.71. The predicted octanol–water partition coefficient (Wildman–Crippen LogP) is 1.96. The van der Waals surface area contributed by atoms with E-state index in [-0.39, 0.29) is 12.0 Å². The van der Waals surface area contributed by atoms with Gasteiger partial charge in [-0.05, 0) is 30.9 Å². The van der Waals surface area contributed by atoms with Gasteiger partial charge in [0.25, 0.3) is 0 Å². The number of esters is 1. The van der Waals surface area contributed by atoms with Crippen molar-refractivity contribution in [3.63, 3.8) is 0 Å². The molecule has 1 atom stereocenters. The number of methoxy groups -OCH3 is 1. The number of rotatable bonds is 6. The summed E-state index contributed by atoms with van der Waals surface area (Å²) >= 11 is 0. The monoisotopic (exact) mass is 264 g/mol. The zero-order chi connectivity index (χ0) is 13.9. The van der Waals surface area contributed by atoms with Crippen molar-refractivity contribution in [3.8, 4) is 0 Å². The number of carbonyl (C=O) groups is 1. The molecule has 1 aromatic rings. The Labute approximate surface area is 113 Å². The van der Waals surface area contributed by atoms with E-state index in [2.05, 4.69) is 0 Å². The number of ether oxygens (including phenoxy) is 2. The number of benzene rings is 1. The van der Waals surface area contributed by atoms with E-state index in [0.717, 1.165) is 12.8 Å². The minimum atomic E-state index is -1.20. The van der Waals surface area contributed by atoms with E-state index in [0.29, 0.717) is 12.2 Å². The first-order valence-electron chi connectivity index (χ1n) is 6.57. The number of aliphatic hydroxyl groups excluding tert-OH is 1. The lowest BCUT2D eigenvalue weighted by Gasteiger charge is -2.16. The third kappa shape index (κ3) is 2.96. The van der Waals surface area contributed by atoms with Gasteiger partial charge in [0.05, 0.1) is 13.2 Å². The van der Waals surface area contributed by atoms with Crippen LogP contribution >= 0.6 is 0 Å². The van der Waals surface area contributed by atoms with Gasteiger partial charge in [-0.3, -0.25) is 0 Å². The van der Waals surface area contributed by atoms with E-state index in [1.807, 2.05) is 12.1 Å². The first kappa shape index (κ1) is 14.0. The molecule has 0 radical (unpaired) electrons. The minimum absolute atomic E-state index is 0.141. The quantitative estimate of drug-likeness (QED) is 0.798. The van der Waals surface area contributed by atoms with E-state index in [9.17, 15) is 9.90 Å². The van der Waals surface area contributed by atoms with Crippen LogP contribution in [0.4, 0.5) is 0 Å². The van der Waals surface area contributed by atoms with Gasteiger partial charge < -0.3 is 14.6 Å². The van der Waals surface area contributed by atoms with Crippen molar-refractivity contribution in [2.45, 2.75) is 31.3 Å². The molecule has 1 aromatic carbocycles. The molecule has 1 aliphatic rings. The van der Waals surface area contributed by atoms with Crippen LogP contribution < -0.4 is 0 Å².